The predicted molar refractivity (Wildman–Crippen MR) is 260 cm³/mol. The lowest BCUT2D eigenvalue weighted by Crippen LogP contribution is -2.12. The Bertz CT molecular complexity index is 3190. The molecule has 0 aliphatic heterocycles. The molecule has 0 unspecified atom stereocenters. The quantitative estimate of drug-likeness (QED) is 0.155. The van der Waals surface area contributed by atoms with Crippen LogP contribution in [0.1, 0.15) is 39.8 Å². The summed E-state index contributed by atoms with van der Waals surface area (Å²) < 4.78 is 2.65. The molecule has 9 aromatic rings. The van der Waals surface area contributed by atoms with Crippen LogP contribution >= 0.6 is 22.7 Å². The van der Waals surface area contributed by atoms with Crippen molar-refractivity contribution >= 4 is 78.1 Å². The van der Waals surface area contributed by atoms with E-state index in [1.54, 1.807) is 11.3 Å². The zero-order valence-electron chi connectivity index (χ0n) is 33.1. The molecule has 0 saturated carbocycles. The second kappa shape index (κ2) is 14.4. The van der Waals surface area contributed by atoms with Crippen LogP contribution in [0.25, 0.3) is 94.0 Å². The Morgan fingerprint density at radius 1 is 0.593 bits per heavy atom. The summed E-state index contributed by atoms with van der Waals surface area (Å²) in [6.45, 7) is 8.47. The number of allylic oxidation sites excluding steroid dienone is 2. The lowest BCUT2D eigenvalue weighted by atomic mass is 9.92. The molecule has 3 heteroatoms. The maximum Gasteiger partial charge on any atom is 0.0543 e. The number of rotatable bonds is 7. The van der Waals surface area contributed by atoms with Crippen LogP contribution in [-0.4, -0.2) is 0 Å². The molecule has 0 spiro atoms. The van der Waals surface area contributed by atoms with Gasteiger partial charge in [0.15, 0.2) is 0 Å². The Hall–Kier alpha value is -6.52. The first-order chi connectivity index (χ1) is 29.1. The highest BCUT2D eigenvalue weighted by Crippen LogP contribution is 2.52. The fourth-order valence-electron chi connectivity index (χ4n) is 9.37. The van der Waals surface area contributed by atoms with Gasteiger partial charge in [0.05, 0.1) is 5.69 Å². The van der Waals surface area contributed by atoms with Crippen LogP contribution in [0, 0.1) is 6.92 Å². The number of hydrogen-bond donors (Lipinski definition) is 0. The van der Waals surface area contributed by atoms with Crippen molar-refractivity contribution in [3.8, 4) is 55.6 Å². The molecule has 2 bridgehead atoms. The zero-order valence-corrected chi connectivity index (χ0v) is 34.8. The summed E-state index contributed by atoms with van der Waals surface area (Å²) in [5.74, 6) is 0. The van der Waals surface area contributed by atoms with Crippen LogP contribution in [0.4, 0.5) is 17.1 Å². The van der Waals surface area contributed by atoms with Gasteiger partial charge in [0.25, 0.3) is 0 Å². The van der Waals surface area contributed by atoms with Gasteiger partial charge in [-0.15, -0.1) is 22.7 Å². The summed E-state index contributed by atoms with van der Waals surface area (Å²) in [5.41, 5.74) is 19.8. The van der Waals surface area contributed by atoms with Gasteiger partial charge < -0.3 is 4.90 Å². The number of benzene rings is 7. The van der Waals surface area contributed by atoms with E-state index in [9.17, 15) is 0 Å². The van der Waals surface area contributed by atoms with E-state index >= 15 is 0 Å². The molecule has 0 radical (unpaired) electrons. The Morgan fingerprint density at radius 2 is 1.17 bits per heavy atom. The molecular weight excluding hydrogens is 751 g/mol. The van der Waals surface area contributed by atoms with E-state index in [-0.39, 0.29) is 0 Å². The van der Waals surface area contributed by atoms with Crippen molar-refractivity contribution in [1.29, 1.82) is 0 Å². The Morgan fingerprint density at radius 3 is 1.81 bits per heavy atom. The van der Waals surface area contributed by atoms with Crippen molar-refractivity contribution in [2.45, 2.75) is 26.7 Å². The highest BCUT2D eigenvalue weighted by atomic mass is 32.1. The zero-order chi connectivity index (χ0) is 39.6. The highest BCUT2D eigenvalue weighted by molar-refractivity contribution is 7.20. The normalized spacial score (nSPS) is 12.7. The fourth-order valence-corrected chi connectivity index (χ4v) is 11.6. The van der Waals surface area contributed by atoms with Crippen molar-refractivity contribution in [3.63, 3.8) is 0 Å². The molecule has 2 heterocycles. The third kappa shape index (κ3) is 5.87. The van der Waals surface area contributed by atoms with E-state index in [4.69, 9.17) is 0 Å². The number of nitrogens with zero attached hydrogens (tertiary/aromatic N) is 1. The van der Waals surface area contributed by atoms with Crippen molar-refractivity contribution in [3.05, 3.63) is 191 Å². The van der Waals surface area contributed by atoms with Gasteiger partial charge in [-0.05, 0) is 148 Å². The van der Waals surface area contributed by atoms with E-state index in [1.165, 1.54) is 102 Å². The molecule has 0 N–H and O–H groups in total. The van der Waals surface area contributed by atoms with Crippen LogP contribution in [0.5, 0.6) is 0 Å². The summed E-state index contributed by atoms with van der Waals surface area (Å²) in [7, 11) is 0. The summed E-state index contributed by atoms with van der Waals surface area (Å²) in [6, 6.07) is 54.6. The van der Waals surface area contributed by atoms with Gasteiger partial charge in [0.2, 0.25) is 0 Å². The second-order valence-electron chi connectivity index (χ2n) is 15.5. The van der Waals surface area contributed by atoms with Crippen molar-refractivity contribution in [2.75, 3.05) is 4.90 Å². The van der Waals surface area contributed by atoms with Crippen LogP contribution in [0.15, 0.2) is 164 Å². The Kier molecular flexibility index (Phi) is 8.69. The smallest absolute Gasteiger partial charge is 0.0543 e. The van der Waals surface area contributed by atoms with Gasteiger partial charge >= 0.3 is 0 Å². The second-order valence-corrected chi connectivity index (χ2v) is 17.8. The largest absolute Gasteiger partial charge is 0.310 e. The first kappa shape index (κ1) is 35.6. The summed E-state index contributed by atoms with van der Waals surface area (Å²) in [6.07, 6.45) is 13.2. The van der Waals surface area contributed by atoms with Crippen molar-refractivity contribution in [1.82, 2.24) is 0 Å². The molecule has 0 fully saturated rings. The number of anilines is 3. The number of hydrogen-bond acceptors (Lipinski definition) is 3. The molecule has 2 aromatic heterocycles. The first-order valence-corrected chi connectivity index (χ1v) is 22.1. The lowest BCUT2D eigenvalue weighted by Gasteiger charge is -2.29. The van der Waals surface area contributed by atoms with Gasteiger partial charge in [-0.1, -0.05) is 128 Å². The number of aryl methyl sites for hydroxylation is 1. The number of thiophene rings is 2. The SMILES string of the molecule is C=Cc1sc2ccc(-c3ccc(N(c4ccc(-c5ccc6sc7c(c6c5)C=CCC7)cc4)c4ccc5c(C)c4-c4ccccc4-c4ccccc4-5)cc3)cc2c1/C=C\C. The summed E-state index contributed by atoms with van der Waals surface area (Å²) >= 11 is 3.75. The van der Waals surface area contributed by atoms with E-state index in [2.05, 4.69) is 195 Å². The molecule has 11 rings (SSSR count). The Balaban J connectivity index is 1.06. The molecule has 1 nitrogen and oxygen atoms in total. The molecule has 2 aliphatic rings. The topological polar surface area (TPSA) is 3.24 Å². The molecule has 0 atom stereocenters. The predicted octanol–water partition coefficient (Wildman–Crippen LogP) is 17.2. The minimum absolute atomic E-state index is 1.11. The lowest BCUT2D eigenvalue weighted by molar-refractivity contribution is 1.02. The molecular formula is C56H41NS2. The third-order valence-corrected chi connectivity index (χ3v) is 14.6. The maximum absolute atomic E-state index is 4.09. The van der Waals surface area contributed by atoms with Crippen LogP contribution in [-0.2, 0) is 6.42 Å². The minimum Gasteiger partial charge on any atom is -0.310 e. The number of fused-ring (bicyclic) bond motifs is 11. The van der Waals surface area contributed by atoms with Crippen molar-refractivity contribution in [2.24, 2.45) is 0 Å². The van der Waals surface area contributed by atoms with E-state index in [0.717, 1.165) is 29.9 Å². The molecule has 59 heavy (non-hydrogen) atoms. The standard InChI is InChI=1S/C56H41NS2/c1-4-12-46-49-33-38(23-31-54(49)58-52(46)5-2)36-19-25-40(26-20-36)57(41-27-21-37(22-28-41)39-24-32-55-50(34-39)47-16-10-11-18-53(47)59-55)51-30-29-42-35(3)56(51)48-17-9-8-15-45(48)44-14-7-6-13-43(42)44/h4-10,12-17,19-34H,2,11,18H2,1,3H3/b12-4-. The molecule has 0 amide bonds. The van der Waals surface area contributed by atoms with Gasteiger partial charge in [0.1, 0.15) is 0 Å². The van der Waals surface area contributed by atoms with E-state index in [1.807, 2.05) is 17.4 Å². The molecule has 282 valence electrons. The van der Waals surface area contributed by atoms with E-state index in [0.29, 0.717) is 0 Å². The van der Waals surface area contributed by atoms with Gasteiger partial charge in [-0.3, -0.25) is 0 Å². The average molecular weight is 792 g/mol. The van der Waals surface area contributed by atoms with Crippen LogP contribution in [0.2, 0.25) is 0 Å². The van der Waals surface area contributed by atoms with Crippen molar-refractivity contribution < 1.29 is 0 Å². The molecule has 7 aromatic carbocycles. The van der Waals surface area contributed by atoms with Crippen LogP contribution in [0.3, 0.4) is 0 Å². The molecule has 0 saturated heterocycles. The van der Waals surface area contributed by atoms with E-state index < -0.39 is 0 Å². The Labute approximate surface area is 354 Å². The van der Waals surface area contributed by atoms with Crippen LogP contribution < -0.4 is 4.90 Å². The molecule has 2 aliphatic carbocycles. The summed E-state index contributed by atoms with van der Waals surface area (Å²) in [5, 5.41) is 2.64. The maximum atomic E-state index is 4.09. The highest BCUT2D eigenvalue weighted by Gasteiger charge is 2.26. The summed E-state index contributed by atoms with van der Waals surface area (Å²) in [4.78, 5) is 5.17. The average Bonchev–Trinajstić information content (AvgIpc) is 3.83. The monoisotopic (exact) mass is 791 g/mol. The van der Waals surface area contributed by atoms with Gasteiger partial charge in [0, 0.05) is 46.9 Å². The van der Waals surface area contributed by atoms with Gasteiger partial charge in [-0.2, -0.15) is 0 Å². The fraction of sp³-hybridized carbons (Fsp3) is 0.0714. The van der Waals surface area contributed by atoms with Gasteiger partial charge in [-0.25, -0.2) is 0 Å². The minimum atomic E-state index is 1.11. The first-order valence-electron chi connectivity index (χ1n) is 20.5. The third-order valence-electron chi connectivity index (χ3n) is 12.2.